The summed E-state index contributed by atoms with van der Waals surface area (Å²) in [6.45, 7) is 29.4. The second-order valence-corrected chi connectivity index (χ2v) is 35.9. The van der Waals surface area contributed by atoms with Gasteiger partial charge >= 0.3 is 109 Å². The second kappa shape index (κ2) is 41.2. The molecule has 9 rings (SSSR count). The average Bonchev–Trinajstić information content (AvgIpc) is 1.35. The summed E-state index contributed by atoms with van der Waals surface area (Å²) < 4.78 is 84.8. The molecule has 0 bridgehead atoms. The zero-order valence-corrected chi connectivity index (χ0v) is 71.4. The van der Waals surface area contributed by atoms with E-state index in [9.17, 15) is 35.8 Å². The summed E-state index contributed by atoms with van der Waals surface area (Å²) >= 11 is 0. The van der Waals surface area contributed by atoms with Crippen LogP contribution in [0.2, 0.25) is 0 Å². The third-order valence-electron chi connectivity index (χ3n) is 27.7. The van der Waals surface area contributed by atoms with Gasteiger partial charge in [0, 0.05) is 40.9 Å². The Morgan fingerprint density at radius 3 is 1.40 bits per heavy atom. The molecule has 5 N–H and O–H groups in total. The van der Waals surface area contributed by atoms with Crippen LogP contribution in [0.15, 0.2) is 40.6 Å². The van der Waals surface area contributed by atoms with Gasteiger partial charge in [-0.3, -0.25) is 8.37 Å². The molecule has 8 saturated carbocycles. The number of azide groups is 2. The van der Waals surface area contributed by atoms with Gasteiger partial charge in [-0.15, -0.1) is 0 Å². The van der Waals surface area contributed by atoms with Crippen LogP contribution in [-0.2, 0) is 33.9 Å². The van der Waals surface area contributed by atoms with Gasteiger partial charge in [0.15, 0.2) is 0 Å². The Labute approximate surface area is 688 Å². The predicted molar refractivity (Wildman–Crippen MR) is 384 cm³/mol. The van der Waals surface area contributed by atoms with E-state index in [1.807, 2.05) is 58.0 Å². The van der Waals surface area contributed by atoms with Gasteiger partial charge in [-0.2, -0.15) is 0 Å². The molecule has 0 spiro atoms. The molecule has 8 aliphatic carbocycles. The molecule has 0 amide bonds. The number of unbranched alkanes of at least 4 members (excludes halogenated alkanes) is 2. The minimum Gasteiger partial charge on any atom is -0.726 e. The number of hydrogen-bond acceptors (Lipinski definition) is 17. The minimum absolute atomic E-state index is 0. The number of carbonyl (C=O) groups is 1. The fourth-order valence-corrected chi connectivity index (χ4v) is 23.7. The third-order valence-corrected chi connectivity index (χ3v) is 28.7. The molecule has 8 unspecified atom stereocenters. The monoisotopic (exact) mass is 1490 g/mol. The van der Waals surface area contributed by atoms with Crippen molar-refractivity contribution in [1.29, 1.82) is 0 Å². The maximum atomic E-state index is 13.7. The van der Waals surface area contributed by atoms with E-state index in [2.05, 4.69) is 82.9 Å². The number of ether oxygens (including phenoxy) is 1. The number of carbonyl (C=O) groups excluding carboxylic acids is 1. The van der Waals surface area contributed by atoms with Gasteiger partial charge in [-0.25, -0.2) is 21.6 Å². The molecule has 558 valence electrons. The number of hydrogen-bond donors (Lipinski definition) is 5. The summed E-state index contributed by atoms with van der Waals surface area (Å²) in [5.74, 6) is 5.34. The Hall–Kier alpha value is 0.123. The fourth-order valence-electron chi connectivity index (χ4n) is 22.4. The number of aliphatic hydroxyl groups is 1. The number of rotatable bonds is 36. The summed E-state index contributed by atoms with van der Waals surface area (Å²) in [7, 11) is -9.47. The molecular weight excluding hydrogens is 1360 g/mol. The SMILES string of the molecule is CC(CC[C@@H](OS(=O)(=O)[O-])C(C)C)[C@H]1CCC2C3C(CC[C@@]21C)[C@@]1(C)CC[C@H](NCCCNCCCCN=[N+]=[N-])C[C@@H]1C[C@H]3O.CC(CC[C@@H](OS(=O)(=O)[O-])C(C)C)[C@H]1CCC2C3C(CC[C@@]21C)[C@@]1(C)CC[C@H](NCCCNCCCCN=[N+]=[N-])C[C@@H]1C[C@H]3OC(=O)c1ccccc1.[K+].[K+]. The molecule has 1 aromatic carbocycles. The van der Waals surface area contributed by atoms with Crippen molar-refractivity contribution >= 4 is 26.8 Å². The largest absolute Gasteiger partial charge is 1.00 e. The molecule has 1 aromatic rings. The predicted octanol–water partition coefficient (Wildman–Crippen LogP) is 9.00. The van der Waals surface area contributed by atoms with Crippen molar-refractivity contribution < 1.29 is 152 Å². The summed E-state index contributed by atoms with van der Waals surface area (Å²) in [5.41, 5.74) is 18.2. The van der Waals surface area contributed by atoms with Crippen LogP contribution in [0.5, 0.6) is 0 Å². The van der Waals surface area contributed by atoms with Crippen molar-refractivity contribution in [1.82, 2.24) is 21.3 Å². The number of nitrogens with zero attached hydrogens (tertiary/aromatic N) is 6. The van der Waals surface area contributed by atoms with Crippen molar-refractivity contribution in [3.8, 4) is 0 Å². The quantitative estimate of drug-likeness (QED) is 0.00611. The number of fused-ring (bicyclic) bond motifs is 10. The Balaban J connectivity index is 0.000000313. The normalized spacial score (nSPS) is 34.8. The molecule has 21 nitrogen and oxygen atoms in total. The smallest absolute Gasteiger partial charge is 0.726 e. The minimum atomic E-state index is -4.76. The molecule has 0 aromatic heterocycles. The van der Waals surface area contributed by atoms with Crippen LogP contribution >= 0.6 is 0 Å². The van der Waals surface area contributed by atoms with Crippen LogP contribution in [-0.4, -0.2) is 126 Å². The van der Waals surface area contributed by atoms with Gasteiger partial charge in [0.25, 0.3) is 0 Å². The van der Waals surface area contributed by atoms with E-state index in [1.54, 1.807) is 0 Å². The van der Waals surface area contributed by atoms with Gasteiger partial charge in [-0.1, -0.05) is 97.7 Å². The summed E-state index contributed by atoms with van der Waals surface area (Å²) in [4.78, 5) is 19.3. The van der Waals surface area contributed by atoms with Crippen molar-refractivity contribution in [3.63, 3.8) is 0 Å². The zero-order chi connectivity index (χ0) is 71.1. The maximum Gasteiger partial charge on any atom is 1.00 e. The van der Waals surface area contributed by atoms with Gasteiger partial charge in [0.1, 0.15) is 6.10 Å². The Kier molecular flexibility index (Phi) is 36.7. The molecule has 8 aliphatic rings. The molecule has 0 heterocycles. The Bertz CT molecular complexity index is 2990. The average molecular weight is 1490 g/mol. The number of aliphatic hydroxyl groups excluding tert-OH is 1. The van der Waals surface area contributed by atoms with E-state index in [0.717, 1.165) is 136 Å². The van der Waals surface area contributed by atoms with Crippen molar-refractivity contribution in [2.75, 3.05) is 52.4 Å². The number of benzene rings is 1. The summed E-state index contributed by atoms with van der Waals surface area (Å²) in [5, 5.41) is 33.7. The van der Waals surface area contributed by atoms with Crippen LogP contribution in [0.1, 0.15) is 247 Å². The number of nitrogens with one attached hydrogen (secondary N) is 4. The van der Waals surface area contributed by atoms with Gasteiger partial charge in [0.05, 0.1) is 23.9 Å². The molecule has 0 saturated heterocycles. The third kappa shape index (κ3) is 23.6. The van der Waals surface area contributed by atoms with Crippen LogP contribution in [0.3, 0.4) is 0 Å². The standard InChI is InChI=1S/C41H67N5O6S.C34H63N5O5S.2K/c1-28(2)36(52-53(48,49)50)17-14-29(3)33-15-16-34-38-35(19-21-41(33,34)5)40(4)20-18-32(44-24-11-23-43-22-9-10-25-45-46-42)26-31(40)27-37(38)51-39(47)30-12-7-6-8-13-30;1-23(2)31(44-45(41,42)43)12-9-24(3)27-10-11-28-32-29(14-16-34(27,28)5)33(4)15-13-26(21-25(33)22-30(32)40)37-19-8-18-36-17-6-7-20-38-39-35;;/h6-8,12-13,28-29,31-38,43-44H,9-11,14-27H2,1-5H3,(H,48,49,50);23-32,36-37,40H,6-22H2,1-5H3,(H,41,42,43);;/q;;2*+1/p-2/t29?,31-,32+,33-,34?,35?,36-,37-,38?,40+,41-;24?,25-,26+,27-,28?,29?,30-,31-,32?,33+,34-;;/m11../s1. The Morgan fingerprint density at radius 2 is 0.960 bits per heavy atom. The van der Waals surface area contributed by atoms with E-state index in [1.165, 1.54) is 57.8 Å². The van der Waals surface area contributed by atoms with Gasteiger partial charge in [0.2, 0.25) is 20.8 Å². The first-order chi connectivity index (χ1) is 46.6. The van der Waals surface area contributed by atoms with E-state index in [-0.39, 0.29) is 149 Å². The first kappa shape index (κ1) is 89.0. The van der Waals surface area contributed by atoms with Crippen LogP contribution < -0.4 is 124 Å². The van der Waals surface area contributed by atoms with Crippen LogP contribution in [0.25, 0.3) is 20.9 Å². The molecule has 8 fully saturated rings. The molecule has 100 heavy (non-hydrogen) atoms. The first-order valence-corrected chi connectivity index (χ1v) is 41.4. The summed E-state index contributed by atoms with van der Waals surface area (Å²) in [6, 6.07) is 10.5. The molecule has 0 radical (unpaired) electrons. The second-order valence-electron chi connectivity index (χ2n) is 33.9. The molecule has 25 heteroatoms. The fraction of sp³-hybridized carbons (Fsp3) is 0.907. The van der Waals surface area contributed by atoms with Gasteiger partial charge < -0.3 is 40.2 Å². The van der Waals surface area contributed by atoms with Crippen LogP contribution in [0, 0.1) is 105 Å². The molecule has 0 aliphatic heterocycles. The van der Waals surface area contributed by atoms with Crippen molar-refractivity contribution in [3.05, 3.63) is 56.8 Å². The summed E-state index contributed by atoms with van der Waals surface area (Å²) in [6.07, 6.45) is 25.6. The Morgan fingerprint density at radius 1 is 0.550 bits per heavy atom. The zero-order valence-electron chi connectivity index (χ0n) is 63.5. The molecule has 22 atom stereocenters. The van der Waals surface area contributed by atoms with Crippen molar-refractivity contribution in [2.45, 2.75) is 273 Å². The molecular formula is C75H128K2N10O11S2. The number of esters is 1. The van der Waals surface area contributed by atoms with Crippen LogP contribution in [0.4, 0.5) is 0 Å². The van der Waals surface area contributed by atoms with E-state index >= 15 is 0 Å². The maximum absolute atomic E-state index is 13.7. The van der Waals surface area contributed by atoms with E-state index in [4.69, 9.17) is 24.2 Å². The van der Waals surface area contributed by atoms with E-state index < -0.39 is 33.0 Å². The topological polar surface area (TPSA) is 325 Å². The van der Waals surface area contributed by atoms with E-state index in [0.29, 0.717) is 120 Å². The van der Waals surface area contributed by atoms with Crippen molar-refractivity contribution in [2.24, 2.45) is 115 Å². The van der Waals surface area contributed by atoms with Gasteiger partial charge in [-0.05, 0) is 328 Å². The first-order valence-electron chi connectivity index (χ1n) is 38.7.